The molecule has 286 valence electrons. The smallest absolute Gasteiger partial charge is 0.164 e. The molecule has 0 aliphatic carbocycles. The van der Waals surface area contributed by atoms with Crippen LogP contribution in [-0.4, -0.2) is 24.5 Å². The summed E-state index contributed by atoms with van der Waals surface area (Å²) in [5.74, 6) is 1.88. The molecule has 11 aromatic rings. The number of hydrogen-bond acceptors (Lipinski definition) is 4. The molecule has 0 saturated heterocycles. The minimum Gasteiger partial charge on any atom is -0.309 e. The van der Waals surface area contributed by atoms with Crippen LogP contribution in [0, 0.1) is 0 Å². The van der Waals surface area contributed by atoms with Crippen molar-refractivity contribution in [2.24, 2.45) is 0 Å². The van der Waals surface area contributed by atoms with Crippen molar-refractivity contribution in [2.45, 2.75) is 0 Å². The topological polar surface area (TPSA) is 56.5 Å². The highest BCUT2D eigenvalue weighted by molar-refractivity contribution is 6.10. The Morgan fingerprint density at radius 1 is 0.279 bits per heavy atom. The van der Waals surface area contributed by atoms with Crippen molar-refractivity contribution in [1.29, 1.82) is 0 Å². The van der Waals surface area contributed by atoms with Crippen LogP contribution in [0.4, 0.5) is 0 Å². The summed E-state index contributed by atoms with van der Waals surface area (Å²) in [5, 5.41) is 2.51. The van der Waals surface area contributed by atoms with E-state index in [1.54, 1.807) is 6.20 Å². The minimum absolute atomic E-state index is 0.621. The van der Waals surface area contributed by atoms with Gasteiger partial charge in [-0.2, -0.15) is 0 Å². The summed E-state index contributed by atoms with van der Waals surface area (Å²) in [6.07, 6.45) is 3.65. The Bertz CT molecular complexity index is 3310. The zero-order valence-corrected chi connectivity index (χ0v) is 33.1. The van der Waals surface area contributed by atoms with Gasteiger partial charge in [0.2, 0.25) is 0 Å². The van der Waals surface area contributed by atoms with Gasteiger partial charge in [-0.25, -0.2) is 15.0 Å². The standard InChI is InChI=1S/C56H37N5/c1-3-11-43(12-4-1)54-58-55(60-56(59-54)47-14-9-13-45(35-47)48-15-10-34-57-37-48)44-30-28-41(29-31-44)39-22-20-38(21-23-39)40-24-26-42(27-25-40)46-32-33-53-51(36-46)50-18-7-8-19-52(50)61(53)49-16-5-2-6-17-49/h1-37H. The highest BCUT2D eigenvalue weighted by Crippen LogP contribution is 2.36. The molecular formula is C56H37N5. The van der Waals surface area contributed by atoms with E-state index in [1.165, 1.54) is 49.7 Å². The van der Waals surface area contributed by atoms with Gasteiger partial charge in [0.1, 0.15) is 0 Å². The molecule has 0 atom stereocenters. The number of aromatic nitrogens is 5. The zero-order chi connectivity index (χ0) is 40.5. The van der Waals surface area contributed by atoms with E-state index in [9.17, 15) is 0 Å². The molecule has 5 nitrogen and oxygen atoms in total. The van der Waals surface area contributed by atoms with Crippen molar-refractivity contribution in [3.8, 4) is 84.4 Å². The Morgan fingerprint density at radius 2 is 0.721 bits per heavy atom. The van der Waals surface area contributed by atoms with Crippen molar-refractivity contribution in [3.63, 3.8) is 0 Å². The predicted octanol–water partition coefficient (Wildman–Crippen LogP) is 14.0. The van der Waals surface area contributed by atoms with E-state index in [0.717, 1.165) is 38.9 Å². The molecule has 5 heteroatoms. The molecule has 0 unspecified atom stereocenters. The second kappa shape index (κ2) is 15.5. The van der Waals surface area contributed by atoms with Gasteiger partial charge < -0.3 is 4.57 Å². The lowest BCUT2D eigenvalue weighted by Crippen LogP contribution is -2.00. The van der Waals surface area contributed by atoms with Crippen LogP contribution in [0.25, 0.3) is 106 Å². The second-order valence-electron chi connectivity index (χ2n) is 15.1. The molecule has 0 spiro atoms. The highest BCUT2D eigenvalue weighted by Gasteiger charge is 2.15. The van der Waals surface area contributed by atoms with Crippen LogP contribution in [0.1, 0.15) is 0 Å². The van der Waals surface area contributed by atoms with Crippen LogP contribution in [-0.2, 0) is 0 Å². The van der Waals surface area contributed by atoms with E-state index in [4.69, 9.17) is 15.0 Å². The fourth-order valence-electron chi connectivity index (χ4n) is 8.25. The van der Waals surface area contributed by atoms with E-state index in [1.807, 2.05) is 54.7 Å². The lowest BCUT2D eigenvalue weighted by atomic mass is 9.97. The van der Waals surface area contributed by atoms with Gasteiger partial charge in [-0.1, -0.05) is 170 Å². The first-order chi connectivity index (χ1) is 30.2. The number of benzene rings is 8. The highest BCUT2D eigenvalue weighted by atomic mass is 15.0. The summed E-state index contributed by atoms with van der Waals surface area (Å²) in [4.78, 5) is 19.2. The van der Waals surface area contributed by atoms with E-state index >= 15 is 0 Å². The molecule has 0 aliphatic heterocycles. The molecule has 11 rings (SSSR count). The third kappa shape index (κ3) is 6.94. The molecule has 0 radical (unpaired) electrons. The minimum atomic E-state index is 0.621. The van der Waals surface area contributed by atoms with Gasteiger partial charge in [-0.15, -0.1) is 0 Å². The first-order valence-corrected chi connectivity index (χ1v) is 20.4. The van der Waals surface area contributed by atoms with Crippen molar-refractivity contribution in [1.82, 2.24) is 24.5 Å². The maximum Gasteiger partial charge on any atom is 0.164 e. The molecule has 0 fully saturated rings. The van der Waals surface area contributed by atoms with Gasteiger partial charge in [-0.05, 0) is 81.4 Å². The first kappa shape index (κ1) is 35.8. The van der Waals surface area contributed by atoms with Crippen LogP contribution in [0.2, 0.25) is 0 Å². The average Bonchev–Trinajstić information content (AvgIpc) is 3.68. The summed E-state index contributed by atoms with van der Waals surface area (Å²) in [6.45, 7) is 0. The number of hydrogen-bond donors (Lipinski definition) is 0. The quantitative estimate of drug-likeness (QED) is 0.154. The van der Waals surface area contributed by atoms with Gasteiger partial charge in [0.25, 0.3) is 0 Å². The van der Waals surface area contributed by atoms with E-state index in [-0.39, 0.29) is 0 Å². The lowest BCUT2D eigenvalue weighted by Gasteiger charge is -2.10. The first-order valence-electron chi connectivity index (χ1n) is 20.4. The molecule has 8 aromatic carbocycles. The fourth-order valence-corrected chi connectivity index (χ4v) is 8.25. The monoisotopic (exact) mass is 779 g/mol. The van der Waals surface area contributed by atoms with Crippen LogP contribution in [0.5, 0.6) is 0 Å². The van der Waals surface area contributed by atoms with Gasteiger partial charge in [0, 0.05) is 51.1 Å². The van der Waals surface area contributed by atoms with Crippen molar-refractivity contribution in [2.75, 3.05) is 0 Å². The number of pyridine rings is 1. The maximum atomic E-state index is 5.01. The normalized spacial score (nSPS) is 11.3. The summed E-state index contributed by atoms with van der Waals surface area (Å²) >= 11 is 0. The molecule has 3 heterocycles. The SMILES string of the molecule is c1ccc(-c2nc(-c3ccc(-c4ccc(-c5ccc(-c6ccc7c(c6)c6ccccc6n7-c6ccccc6)cc5)cc4)cc3)nc(-c3cccc(-c4cccnc4)c3)n2)cc1. The van der Waals surface area contributed by atoms with E-state index < -0.39 is 0 Å². The Hall–Kier alpha value is -8.28. The van der Waals surface area contributed by atoms with Gasteiger partial charge in [0.15, 0.2) is 17.5 Å². The van der Waals surface area contributed by atoms with Gasteiger partial charge in [0.05, 0.1) is 11.0 Å². The average molecular weight is 780 g/mol. The Balaban J connectivity index is 0.853. The summed E-state index contributed by atoms with van der Waals surface area (Å²) in [7, 11) is 0. The van der Waals surface area contributed by atoms with Crippen molar-refractivity contribution >= 4 is 21.8 Å². The lowest BCUT2D eigenvalue weighted by molar-refractivity contribution is 1.07. The zero-order valence-electron chi connectivity index (χ0n) is 33.1. The summed E-state index contributed by atoms with van der Waals surface area (Å²) in [5.41, 5.74) is 15.5. The van der Waals surface area contributed by atoms with E-state index in [2.05, 4.69) is 173 Å². The third-order valence-corrected chi connectivity index (χ3v) is 11.4. The fraction of sp³-hybridized carbons (Fsp3) is 0. The molecule has 0 bridgehead atoms. The largest absolute Gasteiger partial charge is 0.309 e. The number of fused-ring (bicyclic) bond motifs is 3. The molecule has 0 N–H and O–H groups in total. The number of nitrogens with zero attached hydrogens (tertiary/aromatic N) is 5. The molecule has 3 aromatic heterocycles. The van der Waals surface area contributed by atoms with Crippen molar-refractivity contribution in [3.05, 3.63) is 225 Å². The summed E-state index contributed by atoms with van der Waals surface area (Å²) < 4.78 is 2.36. The second-order valence-corrected chi connectivity index (χ2v) is 15.1. The van der Waals surface area contributed by atoms with Crippen molar-refractivity contribution < 1.29 is 0 Å². The Kier molecular flexibility index (Phi) is 9.10. The molecule has 0 amide bonds. The van der Waals surface area contributed by atoms with Crippen LogP contribution >= 0.6 is 0 Å². The summed E-state index contributed by atoms with van der Waals surface area (Å²) in [6, 6.07) is 74.6. The predicted molar refractivity (Wildman–Crippen MR) is 250 cm³/mol. The molecule has 61 heavy (non-hydrogen) atoms. The van der Waals surface area contributed by atoms with E-state index in [0.29, 0.717) is 17.5 Å². The van der Waals surface area contributed by atoms with Gasteiger partial charge >= 0.3 is 0 Å². The van der Waals surface area contributed by atoms with Crippen LogP contribution in [0.15, 0.2) is 225 Å². The Morgan fingerprint density at radius 3 is 1.34 bits per heavy atom. The van der Waals surface area contributed by atoms with Crippen LogP contribution in [0.3, 0.4) is 0 Å². The number of para-hydroxylation sites is 2. The number of rotatable bonds is 8. The van der Waals surface area contributed by atoms with Crippen LogP contribution < -0.4 is 0 Å². The molecule has 0 saturated carbocycles. The third-order valence-electron chi connectivity index (χ3n) is 11.4. The molecular weight excluding hydrogens is 743 g/mol. The van der Waals surface area contributed by atoms with Gasteiger partial charge in [-0.3, -0.25) is 4.98 Å². The molecule has 0 aliphatic rings. The maximum absolute atomic E-state index is 5.01. The Labute approximate surface area is 354 Å².